The summed E-state index contributed by atoms with van der Waals surface area (Å²) >= 11 is 7.02. The monoisotopic (exact) mass is 493 g/mol. The molecule has 4 rings (SSSR count). The lowest BCUT2D eigenvalue weighted by atomic mass is 9.98. The van der Waals surface area contributed by atoms with Crippen molar-refractivity contribution in [3.63, 3.8) is 0 Å². The minimum atomic E-state index is -3.70. The van der Waals surface area contributed by atoms with Crippen molar-refractivity contribution in [3.8, 4) is 0 Å². The summed E-state index contributed by atoms with van der Waals surface area (Å²) in [6.07, 6.45) is 1.21. The zero-order valence-electron chi connectivity index (χ0n) is 17.7. The van der Waals surface area contributed by atoms with Crippen molar-refractivity contribution in [1.82, 2.24) is 8.87 Å². The Balaban J connectivity index is 1.50. The summed E-state index contributed by atoms with van der Waals surface area (Å²) in [5.74, 6) is -0.684. The van der Waals surface area contributed by atoms with Crippen LogP contribution in [0.3, 0.4) is 0 Å². The van der Waals surface area contributed by atoms with Crippen LogP contribution >= 0.6 is 22.9 Å². The van der Waals surface area contributed by atoms with Crippen LogP contribution in [0.25, 0.3) is 10.2 Å². The Morgan fingerprint density at radius 1 is 1.19 bits per heavy atom. The second-order valence-electron chi connectivity index (χ2n) is 8.16. The van der Waals surface area contributed by atoms with Crippen LogP contribution in [0.15, 0.2) is 52.2 Å². The zero-order chi connectivity index (χ0) is 23.0. The predicted molar refractivity (Wildman–Crippen MR) is 128 cm³/mol. The number of hydrogen-bond acceptors (Lipinski definition) is 5. The first-order valence-electron chi connectivity index (χ1n) is 10.4. The van der Waals surface area contributed by atoms with E-state index in [-0.39, 0.29) is 28.3 Å². The van der Waals surface area contributed by atoms with Crippen LogP contribution in [-0.2, 0) is 14.8 Å². The number of thiazole rings is 1. The van der Waals surface area contributed by atoms with Gasteiger partial charge in [-0.05, 0) is 69.2 Å². The molecule has 2 heterocycles. The Labute approximate surface area is 195 Å². The zero-order valence-corrected chi connectivity index (χ0v) is 20.1. The highest BCUT2D eigenvalue weighted by Crippen LogP contribution is 2.27. The number of nitrogens with zero attached hydrogens (tertiary/aromatic N) is 2. The van der Waals surface area contributed by atoms with Crippen molar-refractivity contribution >= 4 is 54.8 Å². The van der Waals surface area contributed by atoms with Crippen LogP contribution in [0, 0.1) is 5.92 Å². The minimum Gasteiger partial charge on any atom is -0.326 e. The van der Waals surface area contributed by atoms with Gasteiger partial charge in [0, 0.05) is 29.8 Å². The first kappa shape index (κ1) is 23.0. The number of benzene rings is 2. The number of carbonyl (C=O) groups excluding carboxylic acids is 1. The third-order valence-electron chi connectivity index (χ3n) is 5.60. The Morgan fingerprint density at radius 2 is 1.91 bits per heavy atom. The lowest BCUT2D eigenvalue weighted by Gasteiger charge is -2.31. The molecule has 1 aromatic heterocycles. The van der Waals surface area contributed by atoms with Gasteiger partial charge in [-0.1, -0.05) is 22.9 Å². The van der Waals surface area contributed by atoms with E-state index in [1.807, 2.05) is 19.9 Å². The molecule has 1 aliphatic heterocycles. The van der Waals surface area contributed by atoms with Gasteiger partial charge >= 0.3 is 4.87 Å². The fourth-order valence-electron chi connectivity index (χ4n) is 3.98. The molecule has 0 radical (unpaired) electrons. The van der Waals surface area contributed by atoms with E-state index in [2.05, 4.69) is 5.32 Å². The van der Waals surface area contributed by atoms with Gasteiger partial charge in [0.2, 0.25) is 15.9 Å². The Hall–Kier alpha value is -2.20. The number of halogens is 1. The predicted octanol–water partition coefficient (Wildman–Crippen LogP) is 4.34. The van der Waals surface area contributed by atoms with Crippen molar-refractivity contribution in [2.75, 3.05) is 18.4 Å². The van der Waals surface area contributed by atoms with Gasteiger partial charge in [-0.3, -0.25) is 14.2 Å². The lowest BCUT2D eigenvalue weighted by molar-refractivity contribution is -0.120. The minimum absolute atomic E-state index is 0.0335. The number of carbonyl (C=O) groups is 1. The molecule has 2 aromatic carbocycles. The molecule has 170 valence electrons. The van der Waals surface area contributed by atoms with Gasteiger partial charge in [0.15, 0.2) is 0 Å². The third kappa shape index (κ3) is 4.47. The van der Waals surface area contributed by atoms with Crippen LogP contribution in [0.5, 0.6) is 0 Å². The molecule has 10 heteroatoms. The highest BCUT2D eigenvalue weighted by atomic mass is 35.5. The number of sulfonamides is 1. The van der Waals surface area contributed by atoms with E-state index in [0.29, 0.717) is 30.1 Å². The Morgan fingerprint density at radius 3 is 2.59 bits per heavy atom. The molecular formula is C22H24ClN3O4S2. The van der Waals surface area contributed by atoms with Gasteiger partial charge in [0.25, 0.3) is 0 Å². The van der Waals surface area contributed by atoms with Gasteiger partial charge < -0.3 is 5.32 Å². The van der Waals surface area contributed by atoms with Crippen molar-refractivity contribution in [2.24, 2.45) is 5.92 Å². The van der Waals surface area contributed by atoms with E-state index in [1.165, 1.54) is 16.4 Å². The summed E-state index contributed by atoms with van der Waals surface area (Å²) in [7, 11) is -3.70. The number of amides is 1. The summed E-state index contributed by atoms with van der Waals surface area (Å²) in [5, 5.41) is 3.36. The second kappa shape index (κ2) is 8.97. The number of nitrogens with one attached hydrogen (secondary N) is 1. The topological polar surface area (TPSA) is 88.5 Å². The third-order valence-corrected chi connectivity index (χ3v) is 8.65. The molecule has 1 atom stereocenters. The van der Waals surface area contributed by atoms with Crippen LogP contribution < -0.4 is 10.2 Å². The van der Waals surface area contributed by atoms with Crippen molar-refractivity contribution in [2.45, 2.75) is 37.6 Å². The number of hydrogen-bond donors (Lipinski definition) is 1. The molecule has 0 saturated carbocycles. The average Bonchev–Trinajstić information content (AvgIpc) is 3.09. The molecule has 0 unspecified atom stereocenters. The Bertz CT molecular complexity index is 1310. The number of aromatic nitrogens is 1. The van der Waals surface area contributed by atoms with Crippen molar-refractivity contribution in [3.05, 3.63) is 57.2 Å². The quantitative estimate of drug-likeness (QED) is 0.572. The molecule has 1 amide bonds. The summed E-state index contributed by atoms with van der Waals surface area (Å²) in [4.78, 5) is 25.3. The standard InChI is InChI=1S/C22H24ClN3O4S2/c1-14(2)26-19-10-7-17(12-20(19)31-22(26)28)24-21(27)15-4-3-11-25(13-15)32(29,30)18-8-5-16(23)6-9-18/h5-10,12,14-15H,3-4,11,13H2,1-2H3,(H,24,27)/t15-/m0/s1. The van der Waals surface area contributed by atoms with E-state index < -0.39 is 15.9 Å². The lowest BCUT2D eigenvalue weighted by Crippen LogP contribution is -2.43. The fraction of sp³-hybridized carbons (Fsp3) is 0.364. The van der Waals surface area contributed by atoms with E-state index in [0.717, 1.165) is 21.6 Å². The smallest absolute Gasteiger partial charge is 0.308 e. The highest BCUT2D eigenvalue weighted by Gasteiger charge is 2.33. The summed E-state index contributed by atoms with van der Waals surface area (Å²) in [5.41, 5.74) is 1.43. The molecular weight excluding hydrogens is 470 g/mol. The average molecular weight is 494 g/mol. The summed E-state index contributed by atoms with van der Waals surface area (Å²) < 4.78 is 29.9. The number of fused-ring (bicyclic) bond motifs is 1. The van der Waals surface area contributed by atoms with Gasteiger partial charge in [0.1, 0.15) is 0 Å². The van der Waals surface area contributed by atoms with E-state index in [1.54, 1.807) is 28.8 Å². The molecule has 0 spiro atoms. The van der Waals surface area contributed by atoms with Crippen molar-refractivity contribution < 1.29 is 13.2 Å². The maximum absolute atomic E-state index is 13.0. The summed E-state index contributed by atoms with van der Waals surface area (Å²) in [6, 6.07) is 11.5. The molecule has 7 nitrogen and oxygen atoms in total. The van der Waals surface area contributed by atoms with Gasteiger partial charge in [-0.25, -0.2) is 8.42 Å². The molecule has 1 saturated heterocycles. The van der Waals surface area contributed by atoms with E-state index >= 15 is 0 Å². The van der Waals surface area contributed by atoms with Crippen LogP contribution in [0.1, 0.15) is 32.7 Å². The van der Waals surface area contributed by atoms with Crippen molar-refractivity contribution in [1.29, 1.82) is 0 Å². The number of rotatable bonds is 5. The first-order valence-corrected chi connectivity index (χ1v) is 13.0. The number of anilines is 1. The maximum atomic E-state index is 13.0. The van der Waals surface area contributed by atoms with E-state index in [4.69, 9.17) is 11.6 Å². The van der Waals surface area contributed by atoms with Gasteiger partial charge in [-0.2, -0.15) is 4.31 Å². The SMILES string of the molecule is CC(C)n1c(=O)sc2cc(NC(=O)[C@H]3CCCN(S(=O)(=O)c4ccc(Cl)cc4)C3)ccc21. The highest BCUT2D eigenvalue weighted by molar-refractivity contribution is 7.89. The van der Waals surface area contributed by atoms with E-state index in [9.17, 15) is 18.0 Å². The van der Waals surface area contributed by atoms with Crippen LogP contribution in [0.2, 0.25) is 5.02 Å². The first-order chi connectivity index (χ1) is 15.2. The molecule has 0 aliphatic carbocycles. The molecule has 32 heavy (non-hydrogen) atoms. The van der Waals surface area contributed by atoms with Crippen LogP contribution in [-0.4, -0.2) is 36.3 Å². The normalized spacial score (nSPS) is 17.7. The van der Waals surface area contributed by atoms with Crippen LogP contribution in [0.4, 0.5) is 5.69 Å². The molecule has 3 aromatic rings. The Kier molecular flexibility index (Phi) is 6.44. The molecule has 1 fully saturated rings. The summed E-state index contributed by atoms with van der Waals surface area (Å²) in [6.45, 7) is 4.40. The second-order valence-corrected chi connectivity index (χ2v) is 11.5. The fourth-order valence-corrected chi connectivity index (χ4v) is 6.68. The van der Waals surface area contributed by atoms with Gasteiger partial charge in [-0.15, -0.1) is 0 Å². The maximum Gasteiger partial charge on any atom is 0.308 e. The molecule has 0 bridgehead atoms. The largest absolute Gasteiger partial charge is 0.326 e. The number of piperidine rings is 1. The van der Waals surface area contributed by atoms with Gasteiger partial charge in [0.05, 0.1) is 21.0 Å². The molecule has 1 aliphatic rings. The molecule has 1 N–H and O–H groups in total.